The van der Waals surface area contributed by atoms with Crippen LogP contribution in [-0.2, 0) is 9.59 Å². The molecule has 6 heteroatoms. The topological polar surface area (TPSA) is 66.4 Å². The summed E-state index contributed by atoms with van der Waals surface area (Å²) in [5, 5.41) is 13.3. The highest BCUT2D eigenvalue weighted by molar-refractivity contribution is 6.35. The standard InChI is InChI=1S/C17H19Cl2NO3/c18-10-3-6-12(15(19)7-10)13-8-14(13)16(21)20-11-4-1-9(2-5-11)17(22)23/h3,6-7,9,11,13-14H,1-2,4-5,8H2,(H,20,21)(H,22,23). The molecule has 0 aliphatic heterocycles. The van der Waals surface area contributed by atoms with Gasteiger partial charge in [-0.3, -0.25) is 9.59 Å². The first-order valence-corrected chi connectivity index (χ1v) is 8.69. The van der Waals surface area contributed by atoms with Crippen LogP contribution in [0, 0.1) is 11.8 Å². The Morgan fingerprint density at radius 1 is 1.13 bits per heavy atom. The Balaban J connectivity index is 1.52. The van der Waals surface area contributed by atoms with Crippen LogP contribution in [0.2, 0.25) is 10.0 Å². The van der Waals surface area contributed by atoms with E-state index in [1.165, 1.54) is 0 Å². The number of carboxylic acid groups (broad SMARTS) is 1. The number of carbonyl (C=O) groups excluding carboxylic acids is 1. The molecule has 23 heavy (non-hydrogen) atoms. The van der Waals surface area contributed by atoms with Crippen molar-refractivity contribution in [3.05, 3.63) is 33.8 Å². The van der Waals surface area contributed by atoms with E-state index in [2.05, 4.69) is 5.32 Å². The van der Waals surface area contributed by atoms with Gasteiger partial charge < -0.3 is 10.4 Å². The number of hydrogen-bond acceptors (Lipinski definition) is 2. The summed E-state index contributed by atoms with van der Waals surface area (Å²) in [6.45, 7) is 0. The molecule has 1 aromatic carbocycles. The third-order valence-electron chi connectivity index (χ3n) is 4.91. The van der Waals surface area contributed by atoms with Crippen molar-refractivity contribution in [2.24, 2.45) is 11.8 Å². The second-order valence-electron chi connectivity index (χ2n) is 6.51. The van der Waals surface area contributed by atoms with Crippen LogP contribution in [0.3, 0.4) is 0 Å². The normalized spacial score (nSPS) is 29.8. The van der Waals surface area contributed by atoms with Crippen LogP contribution < -0.4 is 5.32 Å². The summed E-state index contributed by atoms with van der Waals surface area (Å²) in [4.78, 5) is 23.3. The van der Waals surface area contributed by atoms with Crippen LogP contribution >= 0.6 is 23.2 Å². The number of rotatable bonds is 4. The van der Waals surface area contributed by atoms with Crippen molar-refractivity contribution in [1.29, 1.82) is 0 Å². The van der Waals surface area contributed by atoms with E-state index in [0.717, 1.165) is 24.8 Å². The molecule has 2 atom stereocenters. The van der Waals surface area contributed by atoms with Crippen molar-refractivity contribution >= 4 is 35.1 Å². The summed E-state index contributed by atoms with van der Waals surface area (Å²) in [5.41, 5.74) is 0.978. The predicted molar refractivity (Wildman–Crippen MR) is 88.8 cm³/mol. The second kappa shape index (κ2) is 6.70. The van der Waals surface area contributed by atoms with E-state index in [1.54, 1.807) is 12.1 Å². The highest BCUT2D eigenvalue weighted by Gasteiger charge is 2.45. The Morgan fingerprint density at radius 3 is 2.43 bits per heavy atom. The molecule has 0 bridgehead atoms. The molecule has 0 radical (unpaired) electrons. The monoisotopic (exact) mass is 355 g/mol. The third-order valence-corrected chi connectivity index (χ3v) is 5.47. The zero-order valence-electron chi connectivity index (χ0n) is 12.6. The molecular weight excluding hydrogens is 337 g/mol. The number of carboxylic acids is 1. The summed E-state index contributed by atoms with van der Waals surface area (Å²) in [7, 11) is 0. The zero-order valence-corrected chi connectivity index (χ0v) is 14.1. The number of amides is 1. The zero-order chi connectivity index (χ0) is 16.6. The Bertz CT molecular complexity index is 626. The number of nitrogens with one attached hydrogen (secondary N) is 1. The SMILES string of the molecule is O=C(O)C1CCC(NC(=O)C2CC2c2ccc(Cl)cc2Cl)CC1. The molecule has 2 aliphatic carbocycles. The first-order valence-electron chi connectivity index (χ1n) is 7.94. The van der Waals surface area contributed by atoms with Gasteiger partial charge in [0.2, 0.25) is 5.91 Å². The molecule has 0 spiro atoms. The van der Waals surface area contributed by atoms with Gasteiger partial charge in [-0.2, -0.15) is 0 Å². The van der Waals surface area contributed by atoms with Gasteiger partial charge in [0.25, 0.3) is 0 Å². The van der Waals surface area contributed by atoms with Gasteiger partial charge in [-0.05, 0) is 55.7 Å². The van der Waals surface area contributed by atoms with Crippen LogP contribution in [0.15, 0.2) is 18.2 Å². The molecule has 2 saturated carbocycles. The number of aliphatic carboxylic acids is 1. The summed E-state index contributed by atoms with van der Waals surface area (Å²) < 4.78 is 0. The average molecular weight is 356 g/mol. The van der Waals surface area contributed by atoms with Crippen LogP contribution in [0.1, 0.15) is 43.6 Å². The fourth-order valence-electron chi connectivity index (χ4n) is 3.42. The molecule has 2 N–H and O–H groups in total. The Morgan fingerprint density at radius 2 is 1.83 bits per heavy atom. The number of halogens is 2. The van der Waals surface area contributed by atoms with E-state index >= 15 is 0 Å². The van der Waals surface area contributed by atoms with Crippen molar-refractivity contribution in [3.63, 3.8) is 0 Å². The van der Waals surface area contributed by atoms with Gasteiger partial charge in [0, 0.05) is 22.0 Å². The van der Waals surface area contributed by atoms with Crippen LogP contribution in [-0.4, -0.2) is 23.0 Å². The Kier molecular flexibility index (Phi) is 4.83. The van der Waals surface area contributed by atoms with Crippen molar-refractivity contribution in [2.75, 3.05) is 0 Å². The maximum atomic E-state index is 12.4. The first kappa shape index (κ1) is 16.6. The lowest BCUT2D eigenvalue weighted by molar-refractivity contribution is -0.142. The average Bonchev–Trinajstić information content (AvgIpc) is 3.28. The number of benzene rings is 1. The van der Waals surface area contributed by atoms with E-state index in [9.17, 15) is 9.59 Å². The fraction of sp³-hybridized carbons (Fsp3) is 0.529. The van der Waals surface area contributed by atoms with Crippen LogP contribution in [0.25, 0.3) is 0 Å². The van der Waals surface area contributed by atoms with E-state index in [0.29, 0.717) is 22.9 Å². The molecule has 0 aromatic heterocycles. The van der Waals surface area contributed by atoms with E-state index in [4.69, 9.17) is 28.3 Å². The molecule has 0 saturated heterocycles. The molecule has 1 aromatic rings. The number of hydrogen-bond donors (Lipinski definition) is 2. The summed E-state index contributed by atoms with van der Waals surface area (Å²) in [5.74, 6) is -0.806. The molecule has 4 nitrogen and oxygen atoms in total. The van der Waals surface area contributed by atoms with E-state index < -0.39 is 5.97 Å². The summed E-state index contributed by atoms with van der Waals surface area (Å²) >= 11 is 12.1. The van der Waals surface area contributed by atoms with Crippen LogP contribution in [0.5, 0.6) is 0 Å². The third kappa shape index (κ3) is 3.81. The lowest BCUT2D eigenvalue weighted by atomic mass is 9.86. The van der Waals surface area contributed by atoms with Crippen molar-refractivity contribution in [3.8, 4) is 0 Å². The molecular formula is C17H19Cl2NO3. The van der Waals surface area contributed by atoms with Gasteiger partial charge in [-0.1, -0.05) is 29.3 Å². The van der Waals surface area contributed by atoms with Crippen LogP contribution in [0.4, 0.5) is 0 Å². The lowest BCUT2D eigenvalue weighted by Crippen LogP contribution is -2.39. The van der Waals surface area contributed by atoms with Gasteiger partial charge in [-0.25, -0.2) is 0 Å². The van der Waals surface area contributed by atoms with Crippen molar-refractivity contribution in [2.45, 2.75) is 44.1 Å². The highest BCUT2D eigenvalue weighted by atomic mass is 35.5. The Labute approximate surface area is 145 Å². The maximum Gasteiger partial charge on any atom is 0.306 e. The molecule has 1 amide bonds. The van der Waals surface area contributed by atoms with Gasteiger partial charge in [0.1, 0.15) is 0 Å². The molecule has 2 aliphatic rings. The first-order chi connectivity index (χ1) is 11.0. The number of carbonyl (C=O) groups is 2. The summed E-state index contributed by atoms with van der Waals surface area (Å²) in [6.07, 6.45) is 3.55. The minimum atomic E-state index is -0.727. The smallest absolute Gasteiger partial charge is 0.306 e. The molecule has 3 rings (SSSR count). The molecule has 124 valence electrons. The van der Waals surface area contributed by atoms with Gasteiger partial charge in [0.15, 0.2) is 0 Å². The van der Waals surface area contributed by atoms with Gasteiger partial charge in [-0.15, -0.1) is 0 Å². The maximum absolute atomic E-state index is 12.4. The molecule has 2 fully saturated rings. The van der Waals surface area contributed by atoms with Gasteiger partial charge in [0.05, 0.1) is 5.92 Å². The molecule has 2 unspecified atom stereocenters. The van der Waals surface area contributed by atoms with Crippen molar-refractivity contribution in [1.82, 2.24) is 5.32 Å². The Hall–Kier alpha value is -1.26. The van der Waals surface area contributed by atoms with Gasteiger partial charge >= 0.3 is 5.97 Å². The quantitative estimate of drug-likeness (QED) is 0.861. The fourth-order valence-corrected chi connectivity index (χ4v) is 3.97. The minimum Gasteiger partial charge on any atom is -0.481 e. The van der Waals surface area contributed by atoms with Crippen molar-refractivity contribution < 1.29 is 14.7 Å². The predicted octanol–water partition coefficient (Wildman–Crippen LogP) is 3.86. The lowest BCUT2D eigenvalue weighted by Gasteiger charge is -2.26. The minimum absolute atomic E-state index is 0.0362. The van der Waals surface area contributed by atoms with E-state index in [1.807, 2.05) is 6.07 Å². The second-order valence-corrected chi connectivity index (χ2v) is 7.35. The molecule has 0 heterocycles. The summed E-state index contributed by atoms with van der Waals surface area (Å²) in [6, 6.07) is 5.49. The largest absolute Gasteiger partial charge is 0.481 e. The highest BCUT2D eigenvalue weighted by Crippen LogP contribution is 2.50. The van der Waals surface area contributed by atoms with E-state index in [-0.39, 0.29) is 29.7 Å².